The normalized spacial score (nSPS) is 12.4. The van der Waals surface area contributed by atoms with Gasteiger partial charge in [-0.1, -0.05) is 12.1 Å². The molecular formula is C9H9FO3. The summed E-state index contributed by atoms with van der Waals surface area (Å²) < 4.78 is 12.6. The van der Waals surface area contributed by atoms with E-state index in [1.54, 1.807) is 0 Å². The van der Waals surface area contributed by atoms with Gasteiger partial charge in [0.1, 0.15) is 5.75 Å². The maximum absolute atomic E-state index is 12.6. The lowest BCUT2D eigenvalue weighted by Crippen LogP contribution is -2.16. The van der Waals surface area contributed by atoms with E-state index in [0.29, 0.717) is 5.56 Å². The first-order valence-electron chi connectivity index (χ1n) is 3.74. The van der Waals surface area contributed by atoms with Crippen molar-refractivity contribution >= 4 is 5.97 Å². The molecule has 0 spiro atoms. The van der Waals surface area contributed by atoms with Crippen molar-refractivity contribution in [2.75, 3.05) is 0 Å². The number of halogens is 1. The summed E-state index contributed by atoms with van der Waals surface area (Å²) in [5, 5.41) is 17.2. The highest BCUT2D eigenvalue weighted by Gasteiger charge is 2.15. The number of phenolic OH excluding ortho intramolecular Hbond substituents is 1. The molecule has 0 unspecified atom stereocenters. The van der Waals surface area contributed by atoms with Gasteiger partial charge in [-0.15, -0.1) is 0 Å². The average Bonchev–Trinajstić information content (AvgIpc) is 2.08. The number of carbonyl (C=O) groups is 1. The monoisotopic (exact) mass is 184 g/mol. The predicted octanol–water partition coefficient (Wildman–Crippen LogP) is 1.36. The van der Waals surface area contributed by atoms with Crippen LogP contribution in [0.4, 0.5) is 4.39 Å². The number of carboxylic acids is 1. The molecule has 0 amide bonds. The second-order valence-electron chi connectivity index (χ2n) is 2.68. The van der Waals surface area contributed by atoms with Gasteiger partial charge in [-0.05, 0) is 17.7 Å². The van der Waals surface area contributed by atoms with Crippen LogP contribution in [-0.4, -0.2) is 22.4 Å². The van der Waals surface area contributed by atoms with Crippen molar-refractivity contribution in [2.24, 2.45) is 0 Å². The lowest BCUT2D eigenvalue weighted by molar-refractivity contribution is -0.142. The third-order valence-corrected chi connectivity index (χ3v) is 1.62. The fourth-order valence-electron chi connectivity index (χ4n) is 0.926. The Labute approximate surface area is 74.4 Å². The smallest absolute Gasteiger partial charge is 0.338 e. The fourth-order valence-corrected chi connectivity index (χ4v) is 0.926. The van der Waals surface area contributed by atoms with Crippen molar-refractivity contribution in [3.63, 3.8) is 0 Å². The zero-order valence-corrected chi connectivity index (χ0v) is 6.77. The highest BCUT2D eigenvalue weighted by molar-refractivity contribution is 5.72. The molecule has 0 radical (unpaired) electrons. The molecule has 1 rings (SSSR count). The molecule has 0 aliphatic rings. The van der Waals surface area contributed by atoms with Gasteiger partial charge in [0.05, 0.1) is 0 Å². The topological polar surface area (TPSA) is 57.5 Å². The van der Waals surface area contributed by atoms with Crippen LogP contribution in [-0.2, 0) is 11.2 Å². The molecule has 0 heterocycles. The molecule has 0 aliphatic heterocycles. The van der Waals surface area contributed by atoms with Crippen molar-refractivity contribution in [3.05, 3.63) is 29.8 Å². The Balaban J connectivity index is 2.64. The summed E-state index contributed by atoms with van der Waals surface area (Å²) in [6.07, 6.45) is -2.06. The van der Waals surface area contributed by atoms with E-state index in [9.17, 15) is 9.18 Å². The van der Waals surface area contributed by atoms with Gasteiger partial charge in [-0.3, -0.25) is 0 Å². The lowest BCUT2D eigenvalue weighted by atomic mass is 10.1. The Bertz CT molecular complexity index is 294. The molecule has 3 nitrogen and oxygen atoms in total. The van der Waals surface area contributed by atoms with Crippen LogP contribution in [0.2, 0.25) is 0 Å². The molecule has 0 bridgehead atoms. The minimum Gasteiger partial charge on any atom is -0.508 e. The summed E-state index contributed by atoms with van der Waals surface area (Å²) in [5.41, 5.74) is 0.549. The second-order valence-corrected chi connectivity index (χ2v) is 2.68. The molecule has 0 fully saturated rings. The average molecular weight is 184 g/mol. The molecule has 1 aromatic rings. The van der Waals surface area contributed by atoms with Crippen LogP contribution in [0, 0.1) is 0 Å². The SMILES string of the molecule is O=C(O)[C@@H](F)Cc1ccc(O)cc1. The third-order valence-electron chi connectivity index (χ3n) is 1.62. The number of hydrogen-bond acceptors (Lipinski definition) is 2. The second kappa shape index (κ2) is 3.89. The Hall–Kier alpha value is -1.58. The summed E-state index contributed by atoms with van der Waals surface area (Å²) in [7, 11) is 0. The van der Waals surface area contributed by atoms with Gasteiger partial charge in [0.25, 0.3) is 0 Å². The number of alkyl halides is 1. The van der Waals surface area contributed by atoms with Gasteiger partial charge in [0, 0.05) is 6.42 Å². The van der Waals surface area contributed by atoms with E-state index in [1.165, 1.54) is 24.3 Å². The first-order chi connectivity index (χ1) is 6.09. The molecule has 0 aromatic heterocycles. The molecule has 70 valence electrons. The van der Waals surface area contributed by atoms with Crippen LogP contribution in [0.15, 0.2) is 24.3 Å². The number of aliphatic carboxylic acids is 1. The minimum atomic E-state index is -1.88. The summed E-state index contributed by atoms with van der Waals surface area (Å²) in [6.45, 7) is 0. The van der Waals surface area contributed by atoms with Gasteiger partial charge in [-0.25, -0.2) is 9.18 Å². The summed E-state index contributed by atoms with van der Waals surface area (Å²) in [5.74, 6) is -1.39. The molecule has 4 heteroatoms. The summed E-state index contributed by atoms with van der Waals surface area (Å²) >= 11 is 0. The highest BCUT2D eigenvalue weighted by atomic mass is 19.1. The first kappa shape index (κ1) is 9.51. The van der Waals surface area contributed by atoms with E-state index < -0.39 is 12.1 Å². The van der Waals surface area contributed by atoms with Gasteiger partial charge in [-0.2, -0.15) is 0 Å². The predicted molar refractivity (Wildman–Crippen MR) is 44.3 cm³/mol. The molecule has 13 heavy (non-hydrogen) atoms. The summed E-state index contributed by atoms with van der Waals surface area (Å²) in [6, 6.07) is 5.77. The van der Waals surface area contributed by atoms with E-state index in [2.05, 4.69) is 0 Å². The van der Waals surface area contributed by atoms with Crippen molar-refractivity contribution in [3.8, 4) is 5.75 Å². The number of hydrogen-bond donors (Lipinski definition) is 2. The van der Waals surface area contributed by atoms with Crippen LogP contribution in [0.25, 0.3) is 0 Å². The van der Waals surface area contributed by atoms with Crippen LogP contribution in [0.3, 0.4) is 0 Å². The molecule has 2 N–H and O–H groups in total. The molecule has 0 saturated carbocycles. The van der Waals surface area contributed by atoms with E-state index in [4.69, 9.17) is 10.2 Å². The standard InChI is InChI=1S/C9H9FO3/c10-8(9(12)13)5-6-1-3-7(11)4-2-6/h1-4,8,11H,5H2,(H,12,13)/t8-/m0/s1. The fraction of sp³-hybridized carbons (Fsp3) is 0.222. The Morgan fingerprint density at radius 1 is 1.38 bits per heavy atom. The number of carboxylic acid groups (broad SMARTS) is 1. The number of benzene rings is 1. The van der Waals surface area contributed by atoms with Gasteiger partial charge in [0.2, 0.25) is 6.17 Å². The molecule has 1 atom stereocenters. The van der Waals surface area contributed by atoms with Gasteiger partial charge >= 0.3 is 5.97 Å². The van der Waals surface area contributed by atoms with E-state index in [-0.39, 0.29) is 12.2 Å². The van der Waals surface area contributed by atoms with Crippen LogP contribution >= 0.6 is 0 Å². The number of phenols is 1. The summed E-state index contributed by atoms with van der Waals surface area (Å²) in [4.78, 5) is 10.1. The quantitative estimate of drug-likeness (QED) is 0.745. The van der Waals surface area contributed by atoms with Gasteiger partial charge in [0.15, 0.2) is 0 Å². The molecular weight excluding hydrogens is 175 g/mol. The van der Waals surface area contributed by atoms with E-state index in [1.807, 2.05) is 0 Å². The number of aromatic hydroxyl groups is 1. The van der Waals surface area contributed by atoms with Crippen molar-refractivity contribution in [1.82, 2.24) is 0 Å². The lowest BCUT2D eigenvalue weighted by Gasteiger charge is -2.02. The molecule has 0 saturated heterocycles. The maximum atomic E-state index is 12.6. The highest BCUT2D eigenvalue weighted by Crippen LogP contribution is 2.12. The zero-order chi connectivity index (χ0) is 9.84. The Morgan fingerprint density at radius 3 is 2.38 bits per heavy atom. The van der Waals surface area contributed by atoms with E-state index >= 15 is 0 Å². The largest absolute Gasteiger partial charge is 0.508 e. The zero-order valence-electron chi connectivity index (χ0n) is 6.77. The van der Waals surface area contributed by atoms with Crippen molar-refractivity contribution < 1.29 is 19.4 Å². The first-order valence-corrected chi connectivity index (χ1v) is 3.74. The molecule has 1 aromatic carbocycles. The van der Waals surface area contributed by atoms with Crippen LogP contribution < -0.4 is 0 Å². The maximum Gasteiger partial charge on any atom is 0.338 e. The van der Waals surface area contributed by atoms with Gasteiger partial charge < -0.3 is 10.2 Å². The molecule has 0 aliphatic carbocycles. The Kier molecular flexibility index (Phi) is 2.84. The minimum absolute atomic E-state index is 0.0782. The third kappa shape index (κ3) is 2.74. The van der Waals surface area contributed by atoms with Crippen LogP contribution in [0.1, 0.15) is 5.56 Å². The van der Waals surface area contributed by atoms with E-state index in [0.717, 1.165) is 0 Å². The number of rotatable bonds is 3. The van der Waals surface area contributed by atoms with Crippen LogP contribution in [0.5, 0.6) is 5.75 Å². The van der Waals surface area contributed by atoms with Crippen molar-refractivity contribution in [1.29, 1.82) is 0 Å². The Morgan fingerprint density at radius 2 is 1.92 bits per heavy atom. The van der Waals surface area contributed by atoms with Crippen molar-refractivity contribution in [2.45, 2.75) is 12.6 Å².